The van der Waals surface area contributed by atoms with Crippen molar-refractivity contribution >= 4 is 23.6 Å². The third kappa shape index (κ3) is 3.77. The number of piperazine rings is 1. The van der Waals surface area contributed by atoms with Crippen LogP contribution in [0.1, 0.15) is 62.2 Å². The van der Waals surface area contributed by atoms with E-state index >= 15 is 0 Å². The van der Waals surface area contributed by atoms with Crippen molar-refractivity contribution in [2.24, 2.45) is 0 Å². The minimum atomic E-state index is -0.662. The molecule has 166 valence electrons. The lowest BCUT2D eigenvalue weighted by molar-refractivity contribution is 0.0507. The molecule has 1 saturated heterocycles. The first-order valence-electron chi connectivity index (χ1n) is 10.4. The van der Waals surface area contributed by atoms with Crippen LogP contribution in [-0.4, -0.2) is 70.0 Å². The molecule has 32 heavy (non-hydrogen) atoms. The highest BCUT2D eigenvalue weighted by atomic mass is 19.1. The second-order valence-electron chi connectivity index (χ2n) is 8.97. The molecule has 2 aromatic carbocycles. The molecule has 4 rings (SSSR count). The number of carbonyl (C=O) groups is 4. The topological polar surface area (TPSA) is 78.0 Å². The molecule has 2 heterocycles. The third-order valence-electron chi connectivity index (χ3n) is 5.75. The summed E-state index contributed by atoms with van der Waals surface area (Å²) in [4.78, 5) is 55.5. The highest BCUT2D eigenvalue weighted by Crippen LogP contribution is 2.30. The number of imide groups is 1. The molecule has 0 spiro atoms. The van der Waals surface area contributed by atoms with Crippen LogP contribution in [0.3, 0.4) is 0 Å². The monoisotopic (exact) mass is 437 g/mol. The number of rotatable bonds is 2. The molecule has 2 aliphatic rings. The lowest BCUT2D eigenvalue weighted by Crippen LogP contribution is -2.50. The van der Waals surface area contributed by atoms with Crippen molar-refractivity contribution in [1.29, 1.82) is 0 Å². The maximum absolute atomic E-state index is 13.1. The Labute approximate surface area is 185 Å². The molecule has 0 atom stereocenters. The summed E-state index contributed by atoms with van der Waals surface area (Å²) in [5, 5.41) is 0. The molecule has 0 bridgehead atoms. The van der Waals surface area contributed by atoms with Gasteiger partial charge in [-0.3, -0.25) is 24.1 Å². The van der Waals surface area contributed by atoms with Gasteiger partial charge in [-0.15, -0.1) is 0 Å². The van der Waals surface area contributed by atoms with Crippen LogP contribution in [0.15, 0.2) is 42.5 Å². The number of nitrogens with zero attached hydrogens (tertiary/aromatic N) is 3. The Kier molecular flexibility index (Phi) is 5.32. The summed E-state index contributed by atoms with van der Waals surface area (Å²) >= 11 is 0. The zero-order valence-corrected chi connectivity index (χ0v) is 18.2. The van der Waals surface area contributed by atoms with Crippen molar-refractivity contribution in [2.75, 3.05) is 26.2 Å². The van der Waals surface area contributed by atoms with Gasteiger partial charge in [0.25, 0.3) is 23.6 Å². The molecular formula is C24H24FN3O4. The first-order valence-corrected chi connectivity index (χ1v) is 10.4. The number of amides is 4. The minimum Gasteiger partial charge on any atom is -0.335 e. The summed E-state index contributed by atoms with van der Waals surface area (Å²) in [6, 6.07) is 9.95. The number of benzene rings is 2. The Morgan fingerprint density at radius 2 is 1.22 bits per heavy atom. The maximum Gasteiger partial charge on any atom is 0.262 e. The van der Waals surface area contributed by atoms with Crippen molar-refractivity contribution in [1.82, 2.24) is 14.7 Å². The van der Waals surface area contributed by atoms with E-state index in [2.05, 4.69) is 0 Å². The van der Waals surface area contributed by atoms with E-state index in [0.717, 1.165) is 0 Å². The summed E-state index contributed by atoms with van der Waals surface area (Å²) in [7, 11) is 0. The quantitative estimate of drug-likeness (QED) is 0.677. The van der Waals surface area contributed by atoms with E-state index in [1.165, 1.54) is 41.3 Å². The predicted octanol–water partition coefficient (Wildman–Crippen LogP) is 2.82. The van der Waals surface area contributed by atoms with Crippen molar-refractivity contribution in [3.63, 3.8) is 0 Å². The molecule has 2 aliphatic heterocycles. The Bertz CT molecular complexity index is 1110. The fraction of sp³-hybridized carbons (Fsp3) is 0.333. The van der Waals surface area contributed by atoms with Crippen LogP contribution in [0, 0.1) is 5.82 Å². The summed E-state index contributed by atoms with van der Waals surface area (Å²) in [5.41, 5.74) is 0.609. The number of hydrogen-bond donors (Lipinski definition) is 0. The van der Waals surface area contributed by atoms with Gasteiger partial charge >= 0.3 is 0 Å². The summed E-state index contributed by atoms with van der Waals surface area (Å²) in [6.45, 7) is 6.73. The number of fused-ring (bicyclic) bond motifs is 1. The molecule has 4 amide bonds. The van der Waals surface area contributed by atoms with Crippen LogP contribution in [0.4, 0.5) is 4.39 Å². The predicted molar refractivity (Wildman–Crippen MR) is 115 cm³/mol. The lowest BCUT2D eigenvalue weighted by Gasteiger charge is -2.35. The van der Waals surface area contributed by atoms with Gasteiger partial charge in [0.1, 0.15) is 5.82 Å². The molecule has 0 aromatic heterocycles. The van der Waals surface area contributed by atoms with Crippen LogP contribution >= 0.6 is 0 Å². The van der Waals surface area contributed by atoms with Crippen LogP contribution < -0.4 is 0 Å². The molecule has 2 aromatic rings. The first kappa shape index (κ1) is 21.7. The first-order chi connectivity index (χ1) is 15.1. The highest BCUT2D eigenvalue weighted by molar-refractivity contribution is 6.22. The van der Waals surface area contributed by atoms with Gasteiger partial charge in [0.05, 0.1) is 11.1 Å². The third-order valence-corrected chi connectivity index (χ3v) is 5.75. The van der Waals surface area contributed by atoms with Crippen LogP contribution in [0.25, 0.3) is 0 Å². The lowest BCUT2D eigenvalue weighted by atomic mass is 10.0. The van der Waals surface area contributed by atoms with Gasteiger partial charge < -0.3 is 9.80 Å². The Balaban J connectivity index is 1.45. The van der Waals surface area contributed by atoms with Crippen molar-refractivity contribution < 1.29 is 23.6 Å². The number of halogens is 1. The van der Waals surface area contributed by atoms with Crippen molar-refractivity contribution in [2.45, 2.75) is 26.3 Å². The summed E-state index contributed by atoms with van der Waals surface area (Å²) < 4.78 is 13.1. The highest BCUT2D eigenvalue weighted by Gasteiger charge is 2.42. The largest absolute Gasteiger partial charge is 0.335 e. The molecule has 0 N–H and O–H groups in total. The zero-order valence-electron chi connectivity index (χ0n) is 18.2. The summed E-state index contributed by atoms with van der Waals surface area (Å²) in [5.74, 6) is -1.62. The van der Waals surface area contributed by atoms with Crippen LogP contribution in [0.2, 0.25) is 0 Å². The molecule has 8 heteroatoms. The molecule has 0 unspecified atom stereocenters. The molecule has 7 nitrogen and oxygen atoms in total. The SMILES string of the molecule is CC(C)(C)N1C(=O)c2ccc(C(=O)N3CCN(C(=O)c4ccc(F)cc4)CC3)cc2C1=O. The van der Waals surface area contributed by atoms with E-state index < -0.39 is 17.3 Å². The summed E-state index contributed by atoms with van der Waals surface area (Å²) in [6.07, 6.45) is 0. The minimum absolute atomic E-state index is 0.207. The van der Waals surface area contributed by atoms with Crippen LogP contribution in [0.5, 0.6) is 0 Å². The standard InChI is InChI=1S/C24H24FN3O4/c1-24(2,3)28-22(31)18-9-6-16(14-19(18)23(28)32)21(30)27-12-10-26(11-13-27)20(29)15-4-7-17(25)8-5-15/h4-9,14H,10-13H2,1-3H3. The van der Waals surface area contributed by atoms with Gasteiger partial charge in [-0.1, -0.05) is 0 Å². The second-order valence-corrected chi connectivity index (χ2v) is 8.97. The molecule has 0 saturated carbocycles. The number of hydrogen-bond acceptors (Lipinski definition) is 4. The van der Waals surface area contributed by atoms with Gasteiger partial charge in [-0.05, 0) is 63.2 Å². The Morgan fingerprint density at radius 1 is 0.750 bits per heavy atom. The van der Waals surface area contributed by atoms with E-state index in [-0.39, 0.29) is 23.3 Å². The molecule has 0 radical (unpaired) electrons. The van der Waals surface area contributed by atoms with Crippen LogP contribution in [-0.2, 0) is 0 Å². The van der Waals surface area contributed by atoms with Crippen molar-refractivity contribution in [3.05, 3.63) is 70.5 Å². The van der Waals surface area contributed by atoms with Gasteiger partial charge in [0.2, 0.25) is 0 Å². The molecule has 0 aliphatic carbocycles. The van der Waals surface area contributed by atoms with Gasteiger partial charge in [0, 0.05) is 42.8 Å². The fourth-order valence-electron chi connectivity index (χ4n) is 4.05. The van der Waals surface area contributed by atoms with Gasteiger partial charge in [-0.2, -0.15) is 0 Å². The van der Waals surface area contributed by atoms with E-state index in [9.17, 15) is 23.6 Å². The Hall–Kier alpha value is -3.55. The normalized spacial score (nSPS) is 16.4. The van der Waals surface area contributed by atoms with E-state index in [1.807, 2.05) is 0 Å². The van der Waals surface area contributed by atoms with Gasteiger partial charge in [0.15, 0.2) is 0 Å². The average molecular weight is 437 g/mol. The van der Waals surface area contributed by atoms with Crippen molar-refractivity contribution in [3.8, 4) is 0 Å². The fourth-order valence-corrected chi connectivity index (χ4v) is 4.05. The zero-order chi connectivity index (χ0) is 23.2. The smallest absolute Gasteiger partial charge is 0.262 e. The Morgan fingerprint density at radius 3 is 1.75 bits per heavy atom. The molecule has 1 fully saturated rings. The van der Waals surface area contributed by atoms with E-state index in [0.29, 0.717) is 42.9 Å². The molecular weight excluding hydrogens is 413 g/mol. The van der Waals surface area contributed by atoms with E-state index in [4.69, 9.17) is 0 Å². The average Bonchev–Trinajstić information content (AvgIpc) is 3.03. The van der Waals surface area contributed by atoms with E-state index in [1.54, 1.807) is 36.6 Å². The second kappa shape index (κ2) is 7.85. The number of carbonyl (C=O) groups excluding carboxylic acids is 4. The van der Waals surface area contributed by atoms with Gasteiger partial charge in [-0.25, -0.2) is 4.39 Å². The maximum atomic E-state index is 13.1.